The highest BCUT2D eigenvalue weighted by atomic mass is 32.2. The molecule has 0 spiro atoms. The molecule has 1 heterocycles. The van der Waals surface area contributed by atoms with E-state index in [4.69, 9.17) is 5.11 Å². The first-order valence-corrected chi connectivity index (χ1v) is 7.28. The van der Waals surface area contributed by atoms with Crippen LogP contribution in [-0.4, -0.2) is 24.5 Å². The Morgan fingerprint density at radius 1 is 1.24 bits per heavy atom. The van der Waals surface area contributed by atoms with Crippen LogP contribution in [0.1, 0.15) is 15.9 Å². The summed E-state index contributed by atoms with van der Waals surface area (Å²) in [4.78, 5) is 14.2. The standard InChI is InChI=1S/C13H11FN2O4S/c1-8-9(13(17)18)4-2-5-10(8)21(19,20)16-12-7-3-6-11(14)15-12/h2-7H,1H3,(H,15,16)(H,17,18). The van der Waals surface area contributed by atoms with Crippen LogP contribution in [0.4, 0.5) is 10.2 Å². The van der Waals surface area contributed by atoms with Gasteiger partial charge in [0.15, 0.2) is 0 Å². The zero-order valence-corrected chi connectivity index (χ0v) is 11.7. The monoisotopic (exact) mass is 310 g/mol. The number of carboxylic acid groups (broad SMARTS) is 1. The predicted molar refractivity (Wildman–Crippen MR) is 73.1 cm³/mol. The van der Waals surface area contributed by atoms with Gasteiger partial charge in [0.05, 0.1) is 10.5 Å². The van der Waals surface area contributed by atoms with Gasteiger partial charge in [-0.1, -0.05) is 12.1 Å². The summed E-state index contributed by atoms with van der Waals surface area (Å²) in [6.07, 6.45) is 0. The zero-order chi connectivity index (χ0) is 15.6. The van der Waals surface area contributed by atoms with Gasteiger partial charge < -0.3 is 5.11 Å². The van der Waals surface area contributed by atoms with E-state index in [0.29, 0.717) is 0 Å². The number of halogens is 1. The van der Waals surface area contributed by atoms with Crippen LogP contribution in [0.25, 0.3) is 0 Å². The van der Waals surface area contributed by atoms with Gasteiger partial charge in [-0.05, 0) is 36.8 Å². The lowest BCUT2D eigenvalue weighted by Crippen LogP contribution is -2.16. The number of carboxylic acids is 1. The first kappa shape index (κ1) is 14.9. The van der Waals surface area contributed by atoms with E-state index in [1.807, 2.05) is 0 Å². The number of sulfonamides is 1. The molecule has 2 N–H and O–H groups in total. The Morgan fingerprint density at radius 2 is 1.90 bits per heavy atom. The Hall–Kier alpha value is -2.48. The maximum atomic E-state index is 13.0. The molecule has 8 heteroatoms. The van der Waals surface area contributed by atoms with Gasteiger partial charge >= 0.3 is 5.97 Å². The molecule has 0 aliphatic rings. The highest BCUT2D eigenvalue weighted by Gasteiger charge is 2.21. The first-order valence-electron chi connectivity index (χ1n) is 5.79. The smallest absolute Gasteiger partial charge is 0.335 e. The van der Waals surface area contributed by atoms with E-state index in [0.717, 1.165) is 6.07 Å². The van der Waals surface area contributed by atoms with Crippen LogP contribution < -0.4 is 4.72 Å². The fourth-order valence-electron chi connectivity index (χ4n) is 1.80. The molecule has 0 amide bonds. The van der Waals surface area contributed by atoms with Gasteiger partial charge in [0.1, 0.15) is 5.82 Å². The summed E-state index contributed by atoms with van der Waals surface area (Å²) in [6, 6.07) is 7.57. The van der Waals surface area contributed by atoms with Crippen molar-refractivity contribution >= 4 is 21.8 Å². The van der Waals surface area contributed by atoms with Gasteiger partial charge in [-0.2, -0.15) is 4.39 Å². The fourth-order valence-corrected chi connectivity index (χ4v) is 3.06. The Bertz CT molecular complexity index is 806. The van der Waals surface area contributed by atoms with Crippen LogP contribution in [0.2, 0.25) is 0 Å². The molecule has 0 aliphatic heterocycles. The number of anilines is 1. The number of hydrogen-bond donors (Lipinski definition) is 2. The van der Waals surface area contributed by atoms with Crippen LogP contribution in [0, 0.1) is 12.9 Å². The predicted octanol–water partition coefficient (Wildman–Crippen LogP) is 2.03. The van der Waals surface area contributed by atoms with Crippen LogP contribution in [-0.2, 0) is 10.0 Å². The number of nitrogens with zero attached hydrogens (tertiary/aromatic N) is 1. The number of hydrogen-bond acceptors (Lipinski definition) is 4. The van der Waals surface area contributed by atoms with Crippen molar-refractivity contribution in [3.63, 3.8) is 0 Å². The second-order valence-corrected chi connectivity index (χ2v) is 5.84. The fraction of sp³-hybridized carbons (Fsp3) is 0.0769. The number of benzene rings is 1. The molecule has 0 unspecified atom stereocenters. The number of carbonyl (C=O) groups is 1. The summed E-state index contributed by atoms with van der Waals surface area (Å²) < 4.78 is 39.6. The molecule has 0 saturated heterocycles. The van der Waals surface area contributed by atoms with Crippen LogP contribution in [0.5, 0.6) is 0 Å². The molecule has 1 aromatic heterocycles. The third kappa shape index (κ3) is 3.16. The van der Waals surface area contributed by atoms with Crippen molar-refractivity contribution in [3.8, 4) is 0 Å². The molecule has 0 saturated carbocycles. The first-order chi connectivity index (χ1) is 9.81. The Kier molecular flexibility index (Phi) is 3.90. The molecule has 2 rings (SSSR count). The second kappa shape index (κ2) is 5.49. The minimum absolute atomic E-state index is 0.0916. The molecular weight excluding hydrogens is 299 g/mol. The maximum absolute atomic E-state index is 13.0. The second-order valence-electron chi connectivity index (χ2n) is 4.18. The molecule has 21 heavy (non-hydrogen) atoms. The highest BCUT2D eigenvalue weighted by Crippen LogP contribution is 2.21. The summed E-state index contributed by atoms with van der Waals surface area (Å²) in [5.74, 6) is -2.24. The molecule has 0 atom stereocenters. The largest absolute Gasteiger partial charge is 0.478 e. The van der Waals surface area contributed by atoms with E-state index >= 15 is 0 Å². The molecule has 0 radical (unpaired) electrons. The van der Waals surface area contributed by atoms with Crippen molar-refractivity contribution in [2.45, 2.75) is 11.8 Å². The van der Waals surface area contributed by atoms with Crippen LogP contribution in [0.3, 0.4) is 0 Å². The quantitative estimate of drug-likeness (QED) is 0.842. The third-order valence-corrected chi connectivity index (χ3v) is 4.26. The number of aromatic nitrogens is 1. The zero-order valence-electron chi connectivity index (χ0n) is 10.9. The SMILES string of the molecule is Cc1c(C(=O)O)cccc1S(=O)(=O)Nc1cccc(F)n1. The van der Waals surface area contributed by atoms with Crippen LogP contribution in [0.15, 0.2) is 41.3 Å². The number of nitrogens with one attached hydrogen (secondary N) is 1. The lowest BCUT2D eigenvalue weighted by molar-refractivity contribution is 0.0696. The summed E-state index contributed by atoms with van der Waals surface area (Å²) in [5, 5.41) is 9.00. The van der Waals surface area contributed by atoms with Crippen molar-refractivity contribution in [1.82, 2.24) is 4.98 Å². The van der Waals surface area contributed by atoms with E-state index in [1.165, 1.54) is 37.3 Å². The van der Waals surface area contributed by atoms with Crippen molar-refractivity contribution in [2.24, 2.45) is 0 Å². The van der Waals surface area contributed by atoms with Gasteiger partial charge in [-0.15, -0.1) is 0 Å². The number of aromatic carboxylic acids is 1. The molecular formula is C13H11FN2O4S. The van der Waals surface area contributed by atoms with E-state index in [-0.39, 0.29) is 21.8 Å². The third-order valence-electron chi connectivity index (χ3n) is 2.76. The van der Waals surface area contributed by atoms with Crippen molar-refractivity contribution in [1.29, 1.82) is 0 Å². The molecule has 0 fully saturated rings. The van der Waals surface area contributed by atoms with Crippen molar-refractivity contribution in [2.75, 3.05) is 4.72 Å². The average molecular weight is 310 g/mol. The van der Waals surface area contributed by atoms with Crippen molar-refractivity contribution < 1.29 is 22.7 Å². The summed E-state index contributed by atoms with van der Waals surface area (Å²) in [7, 11) is -4.06. The molecule has 0 bridgehead atoms. The summed E-state index contributed by atoms with van der Waals surface area (Å²) >= 11 is 0. The Morgan fingerprint density at radius 3 is 2.52 bits per heavy atom. The lowest BCUT2D eigenvalue weighted by atomic mass is 10.1. The van der Waals surface area contributed by atoms with Crippen molar-refractivity contribution in [3.05, 3.63) is 53.5 Å². The maximum Gasteiger partial charge on any atom is 0.335 e. The molecule has 2 aromatic rings. The average Bonchev–Trinajstić information content (AvgIpc) is 2.37. The summed E-state index contributed by atoms with van der Waals surface area (Å²) in [6.45, 7) is 1.39. The van der Waals surface area contributed by atoms with Gasteiger partial charge in [0.2, 0.25) is 5.95 Å². The number of pyridine rings is 1. The van der Waals surface area contributed by atoms with E-state index in [1.54, 1.807) is 0 Å². The Labute approximate surface area is 120 Å². The van der Waals surface area contributed by atoms with Gasteiger partial charge in [0.25, 0.3) is 10.0 Å². The van der Waals surface area contributed by atoms with Gasteiger partial charge in [-0.25, -0.2) is 18.2 Å². The topological polar surface area (TPSA) is 96.4 Å². The lowest BCUT2D eigenvalue weighted by Gasteiger charge is -2.11. The normalized spacial score (nSPS) is 11.1. The van der Waals surface area contributed by atoms with E-state index in [2.05, 4.69) is 9.71 Å². The molecule has 110 valence electrons. The highest BCUT2D eigenvalue weighted by molar-refractivity contribution is 7.92. The minimum atomic E-state index is -4.06. The minimum Gasteiger partial charge on any atom is -0.478 e. The van der Waals surface area contributed by atoms with Crippen LogP contribution >= 0.6 is 0 Å². The molecule has 0 aliphatic carbocycles. The summed E-state index contributed by atoms with van der Waals surface area (Å²) in [5.41, 5.74) is -0.0287. The van der Waals surface area contributed by atoms with E-state index in [9.17, 15) is 17.6 Å². The number of rotatable bonds is 4. The Balaban J connectivity index is 2.45. The van der Waals surface area contributed by atoms with Gasteiger partial charge in [-0.3, -0.25) is 4.72 Å². The molecule has 1 aromatic carbocycles. The van der Waals surface area contributed by atoms with E-state index < -0.39 is 21.9 Å². The van der Waals surface area contributed by atoms with Gasteiger partial charge in [0, 0.05) is 0 Å². The molecule has 6 nitrogen and oxygen atoms in total.